The summed E-state index contributed by atoms with van der Waals surface area (Å²) in [5, 5.41) is 4.69. The van der Waals surface area contributed by atoms with Crippen molar-refractivity contribution in [3.05, 3.63) is 108 Å². The molecule has 0 fully saturated rings. The van der Waals surface area contributed by atoms with Crippen molar-refractivity contribution in [2.24, 2.45) is 0 Å². The normalized spacial score (nSPS) is 11.3. The van der Waals surface area contributed by atoms with Crippen molar-refractivity contribution in [1.29, 1.82) is 0 Å². The maximum absolute atomic E-state index is 12.7. The number of benzene rings is 4. The topological polar surface area (TPSA) is 75.7 Å². The van der Waals surface area contributed by atoms with Crippen molar-refractivity contribution in [2.75, 3.05) is 23.7 Å². The molecule has 36 heavy (non-hydrogen) atoms. The summed E-state index contributed by atoms with van der Waals surface area (Å²) < 4.78 is 32.5. The van der Waals surface area contributed by atoms with Crippen LogP contribution in [0.4, 0.5) is 5.69 Å². The number of carbonyl (C=O) groups excluding carboxylic acids is 1. The Morgan fingerprint density at radius 3 is 2.22 bits per heavy atom. The van der Waals surface area contributed by atoms with Crippen molar-refractivity contribution in [3.63, 3.8) is 0 Å². The van der Waals surface area contributed by atoms with E-state index in [2.05, 4.69) is 12.2 Å². The summed E-state index contributed by atoms with van der Waals surface area (Å²) in [6.07, 6.45) is 2.18. The largest absolute Gasteiger partial charge is 0.492 e. The molecule has 7 heteroatoms. The number of carbonyl (C=O) groups is 1. The second-order valence-corrected chi connectivity index (χ2v) is 10.5. The molecule has 0 aliphatic carbocycles. The van der Waals surface area contributed by atoms with E-state index in [-0.39, 0.29) is 12.5 Å². The molecular weight excluding hydrogens is 472 g/mol. The van der Waals surface area contributed by atoms with Gasteiger partial charge in [-0.3, -0.25) is 9.10 Å². The lowest BCUT2D eigenvalue weighted by molar-refractivity contribution is 0.0947. The average Bonchev–Trinajstić information content (AvgIpc) is 2.89. The Balaban J connectivity index is 1.38. The fourth-order valence-electron chi connectivity index (χ4n) is 3.99. The van der Waals surface area contributed by atoms with Gasteiger partial charge >= 0.3 is 0 Å². The third-order valence-electron chi connectivity index (χ3n) is 5.97. The molecule has 0 saturated carbocycles. The number of sulfonamides is 1. The number of ether oxygens (including phenoxy) is 1. The summed E-state index contributed by atoms with van der Waals surface area (Å²) in [4.78, 5) is 12.5. The first kappa shape index (κ1) is 25.3. The molecule has 186 valence electrons. The Kier molecular flexibility index (Phi) is 7.90. The first-order valence-electron chi connectivity index (χ1n) is 11.9. The monoisotopic (exact) mass is 502 g/mol. The van der Waals surface area contributed by atoms with Crippen LogP contribution in [0.2, 0.25) is 0 Å². The summed E-state index contributed by atoms with van der Waals surface area (Å²) in [5.41, 5.74) is 3.16. The number of nitrogens with zero attached hydrogens (tertiary/aromatic N) is 1. The number of fused-ring (bicyclic) bond motifs is 1. The second kappa shape index (κ2) is 11.3. The lowest BCUT2D eigenvalue weighted by atomic mass is 10.1. The van der Waals surface area contributed by atoms with E-state index in [1.165, 1.54) is 16.1 Å². The maximum Gasteiger partial charge on any atom is 0.251 e. The van der Waals surface area contributed by atoms with Crippen molar-refractivity contribution in [3.8, 4) is 5.75 Å². The first-order valence-corrected chi connectivity index (χ1v) is 13.7. The van der Waals surface area contributed by atoms with Crippen LogP contribution in [-0.2, 0) is 23.0 Å². The minimum Gasteiger partial charge on any atom is -0.492 e. The molecule has 4 aromatic rings. The molecule has 0 atom stereocenters. The van der Waals surface area contributed by atoms with E-state index in [4.69, 9.17) is 4.74 Å². The van der Waals surface area contributed by atoms with Crippen LogP contribution in [0.5, 0.6) is 5.75 Å². The van der Waals surface area contributed by atoms with Gasteiger partial charge in [-0.05, 0) is 53.3 Å². The minimum absolute atomic E-state index is 0.166. The van der Waals surface area contributed by atoms with Gasteiger partial charge in [-0.2, -0.15) is 0 Å². The third kappa shape index (κ3) is 6.23. The first-order chi connectivity index (χ1) is 17.3. The van der Waals surface area contributed by atoms with Crippen LogP contribution in [-0.4, -0.2) is 33.7 Å². The van der Waals surface area contributed by atoms with Gasteiger partial charge in [-0.25, -0.2) is 8.42 Å². The molecule has 0 heterocycles. The van der Waals surface area contributed by atoms with Crippen molar-refractivity contribution in [2.45, 2.75) is 19.9 Å². The molecule has 0 aliphatic rings. The van der Waals surface area contributed by atoms with Crippen molar-refractivity contribution < 1.29 is 17.9 Å². The molecule has 4 aromatic carbocycles. The van der Waals surface area contributed by atoms with Gasteiger partial charge < -0.3 is 10.1 Å². The van der Waals surface area contributed by atoms with E-state index in [0.717, 1.165) is 28.5 Å². The lowest BCUT2D eigenvalue weighted by Gasteiger charge is -2.24. The summed E-state index contributed by atoms with van der Waals surface area (Å²) in [7, 11) is -3.54. The highest BCUT2D eigenvalue weighted by Crippen LogP contribution is 2.29. The lowest BCUT2D eigenvalue weighted by Crippen LogP contribution is -2.30. The van der Waals surface area contributed by atoms with E-state index in [9.17, 15) is 13.2 Å². The van der Waals surface area contributed by atoms with Crippen LogP contribution in [0.3, 0.4) is 0 Å². The number of anilines is 1. The second-order valence-electron chi connectivity index (χ2n) is 8.57. The summed E-state index contributed by atoms with van der Waals surface area (Å²) in [5.74, 6) is 0.563. The quantitative estimate of drug-likeness (QED) is 0.303. The number of amides is 1. The SMILES string of the molecule is CCc1ccc(OCCNC(=O)c2ccc(CN(c3cccc4ccccc34)S(C)(=O)=O)cc2)cc1. The molecule has 0 unspecified atom stereocenters. The Hall–Kier alpha value is -3.84. The van der Waals surface area contributed by atoms with Crippen LogP contribution < -0.4 is 14.4 Å². The van der Waals surface area contributed by atoms with Gasteiger partial charge in [0, 0.05) is 10.9 Å². The van der Waals surface area contributed by atoms with E-state index in [0.29, 0.717) is 24.4 Å². The molecule has 6 nitrogen and oxygen atoms in total. The van der Waals surface area contributed by atoms with Gasteiger partial charge in [0.05, 0.1) is 25.0 Å². The average molecular weight is 503 g/mol. The Bertz CT molecular complexity index is 1430. The van der Waals surface area contributed by atoms with Gasteiger partial charge in [0.25, 0.3) is 5.91 Å². The van der Waals surface area contributed by atoms with Gasteiger partial charge in [0.1, 0.15) is 12.4 Å². The van der Waals surface area contributed by atoms with Crippen LogP contribution in [0, 0.1) is 0 Å². The van der Waals surface area contributed by atoms with Gasteiger partial charge in [0.15, 0.2) is 0 Å². The highest BCUT2D eigenvalue weighted by molar-refractivity contribution is 7.92. The number of nitrogens with one attached hydrogen (secondary N) is 1. The molecule has 1 N–H and O–H groups in total. The van der Waals surface area contributed by atoms with Gasteiger partial charge in [0.2, 0.25) is 10.0 Å². The smallest absolute Gasteiger partial charge is 0.251 e. The maximum atomic E-state index is 12.7. The van der Waals surface area contributed by atoms with Crippen LogP contribution in [0.1, 0.15) is 28.4 Å². The zero-order valence-corrected chi connectivity index (χ0v) is 21.3. The molecular formula is C29H30N2O4S. The zero-order chi connectivity index (χ0) is 25.5. The predicted molar refractivity (Wildman–Crippen MR) is 145 cm³/mol. The van der Waals surface area contributed by atoms with Crippen LogP contribution in [0.15, 0.2) is 91.0 Å². The van der Waals surface area contributed by atoms with Crippen LogP contribution >= 0.6 is 0 Å². The van der Waals surface area contributed by atoms with E-state index < -0.39 is 10.0 Å². The highest BCUT2D eigenvalue weighted by atomic mass is 32.2. The number of hydrogen-bond acceptors (Lipinski definition) is 4. The summed E-state index contributed by atoms with van der Waals surface area (Å²) in [6, 6.07) is 28.2. The van der Waals surface area contributed by atoms with E-state index >= 15 is 0 Å². The Morgan fingerprint density at radius 1 is 0.861 bits per heavy atom. The standard InChI is InChI=1S/C29H30N2O4S/c1-3-22-13-17-26(18-14-22)35-20-19-30-29(32)25-15-11-23(12-16-25)21-31(36(2,33)34)28-10-6-8-24-7-4-5-9-27(24)28/h4-18H,3,19-21H2,1-2H3,(H,30,32). The number of rotatable bonds is 10. The van der Waals surface area contributed by atoms with E-state index in [1.54, 1.807) is 24.3 Å². The zero-order valence-electron chi connectivity index (χ0n) is 20.5. The molecule has 0 saturated heterocycles. The number of hydrogen-bond donors (Lipinski definition) is 1. The fourth-order valence-corrected chi connectivity index (χ4v) is 4.89. The van der Waals surface area contributed by atoms with Crippen molar-refractivity contribution in [1.82, 2.24) is 5.32 Å². The third-order valence-corrected chi connectivity index (χ3v) is 7.09. The number of aryl methyl sites for hydroxylation is 1. The summed E-state index contributed by atoms with van der Waals surface area (Å²) in [6.45, 7) is 3.01. The van der Waals surface area contributed by atoms with Gasteiger partial charge in [-0.15, -0.1) is 0 Å². The van der Waals surface area contributed by atoms with Gasteiger partial charge in [-0.1, -0.05) is 67.6 Å². The van der Waals surface area contributed by atoms with Crippen LogP contribution in [0.25, 0.3) is 10.8 Å². The molecule has 4 rings (SSSR count). The fraction of sp³-hybridized carbons (Fsp3) is 0.207. The summed E-state index contributed by atoms with van der Waals surface area (Å²) >= 11 is 0. The molecule has 0 radical (unpaired) electrons. The molecule has 0 bridgehead atoms. The molecule has 1 amide bonds. The van der Waals surface area contributed by atoms with Crippen molar-refractivity contribution >= 4 is 32.4 Å². The molecule has 0 aliphatic heterocycles. The Morgan fingerprint density at radius 2 is 1.53 bits per heavy atom. The predicted octanol–water partition coefficient (Wildman–Crippen LogP) is 5.18. The molecule has 0 spiro atoms. The van der Waals surface area contributed by atoms with E-state index in [1.807, 2.05) is 66.7 Å². The molecule has 0 aromatic heterocycles. The highest BCUT2D eigenvalue weighted by Gasteiger charge is 2.20. The minimum atomic E-state index is -3.54. The Labute approximate surface area is 212 Å².